The van der Waals surface area contributed by atoms with Crippen molar-refractivity contribution < 1.29 is 0 Å². The van der Waals surface area contributed by atoms with E-state index in [9.17, 15) is 0 Å². The van der Waals surface area contributed by atoms with Crippen LogP contribution in [0, 0.1) is 0 Å². The van der Waals surface area contributed by atoms with Crippen LogP contribution in [-0.4, -0.2) is 4.57 Å². The molecule has 0 fully saturated rings. The standard InChI is InChI=1S/C39H27NS/c1-39(2)32-18-6-3-15-31(32)36-33(39)22-21-30-29-17-10-16-26(37(29)41-38(30)36)24-11-9-12-25(23-24)40-34-19-7-4-13-27(34)28-14-5-8-20-35(28)40/h3-23H,1-2H3. The Bertz CT molecular complexity index is 2290. The van der Waals surface area contributed by atoms with Gasteiger partial charge in [-0.1, -0.05) is 117 Å². The largest absolute Gasteiger partial charge is 0.309 e. The van der Waals surface area contributed by atoms with Crippen molar-refractivity contribution in [2.75, 3.05) is 0 Å². The average molecular weight is 542 g/mol. The van der Waals surface area contributed by atoms with Gasteiger partial charge in [0.05, 0.1) is 11.0 Å². The molecule has 0 N–H and O–H groups in total. The lowest BCUT2D eigenvalue weighted by molar-refractivity contribution is 0.661. The molecule has 0 atom stereocenters. The molecule has 2 aromatic heterocycles. The first kappa shape index (κ1) is 23.1. The molecule has 2 heterocycles. The maximum atomic E-state index is 2.41. The molecule has 0 spiro atoms. The van der Waals surface area contributed by atoms with E-state index < -0.39 is 0 Å². The highest BCUT2D eigenvalue weighted by Crippen LogP contribution is 2.54. The highest BCUT2D eigenvalue weighted by Gasteiger charge is 2.36. The molecule has 0 amide bonds. The minimum Gasteiger partial charge on any atom is -0.309 e. The quantitative estimate of drug-likeness (QED) is 0.205. The summed E-state index contributed by atoms with van der Waals surface area (Å²) >= 11 is 1.95. The Kier molecular flexibility index (Phi) is 4.61. The molecule has 0 aliphatic heterocycles. The lowest BCUT2D eigenvalue weighted by Gasteiger charge is -2.21. The van der Waals surface area contributed by atoms with Crippen molar-refractivity contribution in [1.82, 2.24) is 4.57 Å². The second-order valence-electron chi connectivity index (χ2n) is 11.7. The molecule has 1 aliphatic rings. The summed E-state index contributed by atoms with van der Waals surface area (Å²) in [5.41, 5.74) is 11.9. The predicted molar refractivity (Wildman–Crippen MR) is 177 cm³/mol. The minimum atomic E-state index is 0.00969. The smallest absolute Gasteiger partial charge is 0.0541 e. The van der Waals surface area contributed by atoms with Crippen LogP contribution in [0.25, 0.3) is 69.9 Å². The maximum absolute atomic E-state index is 2.41. The van der Waals surface area contributed by atoms with E-state index in [1.54, 1.807) is 0 Å². The van der Waals surface area contributed by atoms with Crippen molar-refractivity contribution in [3.63, 3.8) is 0 Å². The Morgan fingerprint density at radius 2 is 1.15 bits per heavy atom. The summed E-state index contributed by atoms with van der Waals surface area (Å²) in [5.74, 6) is 0. The van der Waals surface area contributed by atoms with Crippen molar-refractivity contribution in [1.29, 1.82) is 0 Å². The van der Waals surface area contributed by atoms with Crippen molar-refractivity contribution in [2.45, 2.75) is 19.3 Å². The van der Waals surface area contributed by atoms with Gasteiger partial charge in [-0.25, -0.2) is 0 Å². The Hall–Kier alpha value is -4.66. The fourth-order valence-electron chi connectivity index (χ4n) is 7.28. The van der Waals surface area contributed by atoms with E-state index in [-0.39, 0.29) is 5.41 Å². The van der Waals surface area contributed by atoms with Crippen LogP contribution in [0.3, 0.4) is 0 Å². The highest BCUT2D eigenvalue weighted by molar-refractivity contribution is 7.27. The van der Waals surface area contributed by atoms with Crippen LogP contribution in [0.4, 0.5) is 0 Å². The molecular formula is C39H27NS. The van der Waals surface area contributed by atoms with Gasteiger partial charge in [0.25, 0.3) is 0 Å². The molecule has 1 aliphatic carbocycles. The third kappa shape index (κ3) is 3.06. The Balaban J connectivity index is 1.29. The fourth-order valence-corrected chi connectivity index (χ4v) is 8.68. The highest BCUT2D eigenvalue weighted by atomic mass is 32.1. The van der Waals surface area contributed by atoms with Gasteiger partial charge in [-0.15, -0.1) is 11.3 Å². The lowest BCUT2D eigenvalue weighted by Crippen LogP contribution is -2.14. The van der Waals surface area contributed by atoms with E-state index in [1.165, 1.54) is 81.0 Å². The van der Waals surface area contributed by atoms with Crippen molar-refractivity contribution in [3.05, 3.63) is 139 Å². The molecule has 2 heteroatoms. The number of hydrogen-bond acceptors (Lipinski definition) is 1. The van der Waals surface area contributed by atoms with Gasteiger partial charge in [-0.3, -0.25) is 0 Å². The van der Waals surface area contributed by atoms with E-state index >= 15 is 0 Å². The first-order valence-corrected chi connectivity index (χ1v) is 15.1. The number of benzene rings is 6. The second-order valence-corrected chi connectivity index (χ2v) is 12.8. The van der Waals surface area contributed by atoms with Crippen LogP contribution in [0.1, 0.15) is 25.0 Å². The molecule has 0 saturated heterocycles. The third-order valence-electron chi connectivity index (χ3n) is 9.21. The monoisotopic (exact) mass is 541 g/mol. The van der Waals surface area contributed by atoms with Gasteiger partial charge in [0.15, 0.2) is 0 Å². The van der Waals surface area contributed by atoms with Crippen molar-refractivity contribution >= 4 is 53.3 Å². The summed E-state index contributed by atoms with van der Waals surface area (Å²) in [7, 11) is 0. The van der Waals surface area contributed by atoms with E-state index in [1.807, 2.05) is 11.3 Å². The number of hydrogen-bond donors (Lipinski definition) is 0. The molecule has 194 valence electrons. The fraction of sp³-hybridized carbons (Fsp3) is 0.0769. The SMILES string of the molecule is CC1(C)c2ccccc2-c2c1ccc1c2sc2c(-c3cccc(-n4c5ccccc5c5ccccc54)c3)cccc21. The molecule has 41 heavy (non-hydrogen) atoms. The van der Waals surface area contributed by atoms with E-state index in [0.29, 0.717) is 0 Å². The van der Waals surface area contributed by atoms with Gasteiger partial charge in [0.2, 0.25) is 0 Å². The van der Waals surface area contributed by atoms with Gasteiger partial charge < -0.3 is 4.57 Å². The van der Waals surface area contributed by atoms with Crippen LogP contribution in [0.15, 0.2) is 127 Å². The van der Waals surface area contributed by atoms with Crippen LogP contribution >= 0.6 is 11.3 Å². The predicted octanol–water partition coefficient (Wildman–Crippen LogP) is 11.1. The first-order chi connectivity index (χ1) is 20.1. The van der Waals surface area contributed by atoms with Gasteiger partial charge >= 0.3 is 0 Å². The molecule has 0 radical (unpaired) electrons. The second kappa shape index (κ2) is 8.19. The van der Waals surface area contributed by atoms with Crippen molar-refractivity contribution in [2.24, 2.45) is 0 Å². The number of nitrogens with zero attached hydrogens (tertiary/aromatic N) is 1. The number of fused-ring (bicyclic) bond motifs is 10. The topological polar surface area (TPSA) is 4.93 Å². The van der Waals surface area contributed by atoms with Gasteiger partial charge in [0, 0.05) is 47.6 Å². The van der Waals surface area contributed by atoms with E-state index in [4.69, 9.17) is 0 Å². The zero-order valence-corrected chi connectivity index (χ0v) is 23.8. The molecule has 0 saturated carbocycles. The summed E-state index contributed by atoms with van der Waals surface area (Å²) in [5, 5.41) is 5.28. The molecule has 0 unspecified atom stereocenters. The van der Waals surface area contributed by atoms with Gasteiger partial charge in [-0.05, 0) is 52.1 Å². The van der Waals surface area contributed by atoms with E-state index in [2.05, 4.69) is 146 Å². The van der Waals surface area contributed by atoms with Gasteiger partial charge in [-0.2, -0.15) is 0 Å². The zero-order chi connectivity index (χ0) is 27.3. The number of rotatable bonds is 2. The third-order valence-corrected chi connectivity index (χ3v) is 10.5. The number of para-hydroxylation sites is 2. The summed E-state index contributed by atoms with van der Waals surface area (Å²) in [6, 6.07) is 47.0. The summed E-state index contributed by atoms with van der Waals surface area (Å²) in [6.07, 6.45) is 0. The summed E-state index contributed by atoms with van der Waals surface area (Å²) in [4.78, 5) is 0. The summed E-state index contributed by atoms with van der Waals surface area (Å²) < 4.78 is 5.17. The Labute approximate surface area is 242 Å². The number of thiophene rings is 1. The molecule has 0 bridgehead atoms. The molecule has 8 aromatic rings. The van der Waals surface area contributed by atoms with Crippen LogP contribution in [-0.2, 0) is 5.41 Å². The molecule has 1 nitrogen and oxygen atoms in total. The Morgan fingerprint density at radius 3 is 1.95 bits per heavy atom. The maximum Gasteiger partial charge on any atom is 0.0541 e. The zero-order valence-electron chi connectivity index (χ0n) is 23.0. The normalized spacial score (nSPS) is 13.8. The average Bonchev–Trinajstić information content (AvgIpc) is 3.63. The first-order valence-electron chi connectivity index (χ1n) is 14.3. The van der Waals surface area contributed by atoms with Crippen molar-refractivity contribution in [3.8, 4) is 27.9 Å². The van der Waals surface area contributed by atoms with Crippen LogP contribution < -0.4 is 0 Å². The van der Waals surface area contributed by atoms with Crippen LogP contribution in [0.2, 0.25) is 0 Å². The van der Waals surface area contributed by atoms with Gasteiger partial charge in [0.1, 0.15) is 0 Å². The minimum absolute atomic E-state index is 0.00969. The lowest BCUT2D eigenvalue weighted by atomic mass is 9.82. The number of aromatic nitrogens is 1. The summed E-state index contributed by atoms with van der Waals surface area (Å²) in [6.45, 7) is 4.73. The van der Waals surface area contributed by atoms with E-state index in [0.717, 1.165) is 0 Å². The Morgan fingerprint density at radius 1 is 0.512 bits per heavy atom. The molecule has 9 rings (SSSR count). The molecular weight excluding hydrogens is 515 g/mol. The molecule has 6 aromatic carbocycles. The van der Waals surface area contributed by atoms with Crippen LogP contribution in [0.5, 0.6) is 0 Å².